The first-order valence-corrected chi connectivity index (χ1v) is 7.34. The average Bonchev–Trinajstić information content (AvgIpc) is 2.57. The maximum absolute atomic E-state index is 9.07. The molecule has 3 rings (SSSR count). The largest absolute Gasteiger partial charge is 0.372 e. The van der Waals surface area contributed by atoms with Gasteiger partial charge in [0.15, 0.2) is 0 Å². The molecule has 2 aromatic rings. The third-order valence-corrected chi connectivity index (χ3v) is 3.78. The summed E-state index contributed by atoms with van der Waals surface area (Å²) >= 11 is 0. The number of anilines is 3. The number of hydrogen-bond acceptors (Lipinski definition) is 4. The number of benzene rings is 1. The van der Waals surface area contributed by atoms with Gasteiger partial charge < -0.3 is 10.2 Å². The van der Waals surface area contributed by atoms with E-state index in [1.54, 1.807) is 18.3 Å². The fourth-order valence-electron chi connectivity index (χ4n) is 2.64. The molecule has 0 bridgehead atoms. The van der Waals surface area contributed by atoms with Gasteiger partial charge in [0, 0.05) is 30.7 Å². The van der Waals surface area contributed by atoms with E-state index in [9.17, 15) is 0 Å². The molecule has 0 unspecified atom stereocenters. The molecule has 1 aromatic heterocycles. The van der Waals surface area contributed by atoms with Gasteiger partial charge in [-0.15, -0.1) is 0 Å². The lowest BCUT2D eigenvalue weighted by atomic mass is 10.1. The van der Waals surface area contributed by atoms with E-state index in [0.717, 1.165) is 18.8 Å². The van der Waals surface area contributed by atoms with Crippen molar-refractivity contribution in [3.8, 4) is 6.07 Å². The minimum absolute atomic E-state index is 0.553. The fraction of sp³-hybridized carbons (Fsp3) is 0.294. The van der Waals surface area contributed by atoms with Crippen LogP contribution in [0.25, 0.3) is 0 Å². The lowest BCUT2D eigenvalue weighted by molar-refractivity contribution is 0.578. The number of nitriles is 1. The minimum atomic E-state index is 0.553. The second kappa shape index (κ2) is 6.27. The third kappa shape index (κ3) is 3.14. The van der Waals surface area contributed by atoms with Crippen LogP contribution >= 0.6 is 0 Å². The molecule has 106 valence electrons. The number of aromatic nitrogens is 1. The van der Waals surface area contributed by atoms with Crippen molar-refractivity contribution in [2.75, 3.05) is 23.3 Å². The molecule has 21 heavy (non-hydrogen) atoms. The highest BCUT2D eigenvalue weighted by Gasteiger charge is 2.10. The van der Waals surface area contributed by atoms with Crippen molar-refractivity contribution in [1.29, 1.82) is 5.26 Å². The van der Waals surface area contributed by atoms with Crippen LogP contribution in [0, 0.1) is 11.3 Å². The van der Waals surface area contributed by atoms with Crippen LogP contribution in [0.5, 0.6) is 0 Å². The first-order valence-electron chi connectivity index (χ1n) is 7.34. The summed E-state index contributed by atoms with van der Waals surface area (Å²) < 4.78 is 0. The Morgan fingerprint density at radius 2 is 1.81 bits per heavy atom. The molecule has 0 saturated carbocycles. The van der Waals surface area contributed by atoms with E-state index in [0.29, 0.717) is 11.4 Å². The van der Waals surface area contributed by atoms with Gasteiger partial charge in [-0.05, 0) is 55.7 Å². The van der Waals surface area contributed by atoms with Gasteiger partial charge in [0.2, 0.25) is 0 Å². The lowest BCUT2D eigenvalue weighted by Crippen LogP contribution is -2.29. The zero-order valence-corrected chi connectivity index (χ0v) is 11.9. The van der Waals surface area contributed by atoms with E-state index in [1.165, 1.54) is 24.9 Å². The van der Waals surface area contributed by atoms with E-state index in [1.807, 2.05) is 12.1 Å². The van der Waals surface area contributed by atoms with Crippen LogP contribution < -0.4 is 10.2 Å². The number of rotatable bonds is 3. The summed E-state index contributed by atoms with van der Waals surface area (Å²) in [4.78, 5) is 6.64. The zero-order valence-electron chi connectivity index (χ0n) is 11.9. The quantitative estimate of drug-likeness (QED) is 0.930. The smallest absolute Gasteiger partial charge is 0.148 e. The second-order valence-corrected chi connectivity index (χ2v) is 5.23. The van der Waals surface area contributed by atoms with E-state index < -0.39 is 0 Å². The van der Waals surface area contributed by atoms with Crippen LogP contribution in [0.1, 0.15) is 24.8 Å². The molecule has 1 aliphatic heterocycles. The molecule has 4 nitrogen and oxygen atoms in total. The molecule has 1 aliphatic rings. The highest BCUT2D eigenvalue weighted by Crippen LogP contribution is 2.24. The molecule has 1 N–H and O–H groups in total. The van der Waals surface area contributed by atoms with Crippen LogP contribution in [0.15, 0.2) is 42.6 Å². The Hall–Kier alpha value is -2.54. The molecular formula is C17H18N4. The van der Waals surface area contributed by atoms with Crippen molar-refractivity contribution >= 4 is 17.2 Å². The van der Waals surface area contributed by atoms with Crippen molar-refractivity contribution in [2.24, 2.45) is 0 Å². The SMILES string of the molecule is N#Cc1cccnc1Nc1ccc(N2CCCCC2)cc1. The predicted octanol–water partition coefficient (Wildman–Crippen LogP) is 3.69. The van der Waals surface area contributed by atoms with Crippen molar-refractivity contribution < 1.29 is 0 Å². The van der Waals surface area contributed by atoms with Gasteiger partial charge in [0.1, 0.15) is 11.9 Å². The van der Waals surface area contributed by atoms with Gasteiger partial charge in [-0.25, -0.2) is 4.98 Å². The van der Waals surface area contributed by atoms with Crippen LogP contribution in [-0.2, 0) is 0 Å². The van der Waals surface area contributed by atoms with Gasteiger partial charge in [-0.2, -0.15) is 5.26 Å². The van der Waals surface area contributed by atoms with Crippen LogP contribution in [0.2, 0.25) is 0 Å². The third-order valence-electron chi connectivity index (χ3n) is 3.78. The molecule has 1 aromatic carbocycles. The Kier molecular flexibility index (Phi) is 4.02. The molecule has 0 aliphatic carbocycles. The topological polar surface area (TPSA) is 52.0 Å². The lowest BCUT2D eigenvalue weighted by Gasteiger charge is -2.28. The Morgan fingerprint density at radius 1 is 1.05 bits per heavy atom. The van der Waals surface area contributed by atoms with Crippen LogP contribution in [0.4, 0.5) is 17.2 Å². The Morgan fingerprint density at radius 3 is 2.52 bits per heavy atom. The summed E-state index contributed by atoms with van der Waals surface area (Å²) in [5.74, 6) is 0.603. The Labute approximate surface area is 125 Å². The fourth-order valence-corrected chi connectivity index (χ4v) is 2.64. The second-order valence-electron chi connectivity index (χ2n) is 5.23. The number of piperidine rings is 1. The summed E-state index contributed by atoms with van der Waals surface area (Å²) in [5, 5.41) is 12.3. The van der Waals surface area contributed by atoms with Gasteiger partial charge in [-0.1, -0.05) is 0 Å². The summed E-state index contributed by atoms with van der Waals surface area (Å²) in [6, 6.07) is 14.0. The summed E-state index contributed by atoms with van der Waals surface area (Å²) in [5.41, 5.74) is 2.77. The molecule has 1 saturated heterocycles. The highest BCUT2D eigenvalue weighted by molar-refractivity contribution is 5.64. The number of hydrogen-bond donors (Lipinski definition) is 1. The van der Waals surface area contributed by atoms with Crippen molar-refractivity contribution in [3.63, 3.8) is 0 Å². The maximum atomic E-state index is 9.07. The summed E-state index contributed by atoms with van der Waals surface area (Å²) in [6.07, 6.45) is 5.58. The van der Waals surface area contributed by atoms with Gasteiger partial charge in [0.05, 0.1) is 5.56 Å². The van der Waals surface area contributed by atoms with E-state index in [2.05, 4.69) is 33.4 Å². The Bertz CT molecular complexity index is 637. The summed E-state index contributed by atoms with van der Waals surface area (Å²) in [6.45, 7) is 2.29. The van der Waals surface area contributed by atoms with Crippen LogP contribution in [0.3, 0.4) is 0 Å². The van der Waals surface area contributed by atoms with Crippen molar-refractivity contribution in [3.05, 3.63) is 48.2 Å². The van der Waals surface area contributed by atoms with Gasteiger partial charge in [0.25, 0.3) is 0 Å². The number of pyridine rings is 1. The highest BCUT2D eigenvalue weighted by atomic mass is 15.1. The normalized spacial score (nSPS) is 14.5. The molecular weight excluding hydrogens is 260 g/mol. The molecule has 0 spiro atoms. The standard InChI is InChI=1S/C17H18N4/c18-13-14-5-4-10-19-17(14)20-15-6-8-16(9-7-15)21-11-2-1-3-12-21/h4-10H,1-3,11-12H2,(H,19,20). The average molecular weight is 278 g/mol. The molecule has 0 radical (unpaired) electrons. The van der Waals surface area contributed by atoms with Crippen LogP contribution in [-0.4, -0.2) is 18.1 Å². The zero-order chi connectivity index (χ0) is 14.5. The molecule has 1 fully saturated rings. The van der Waals surface area contributed by atoms with Crippen molar-refractivity contribution in [1.82, 2.24) is 4.98 Å². The van der Waals surface area contributed by atoms with Crippen molar-refractivity contribution in [2.45, 2.75) is 19.3 Å². The maximum Gasteiger partial charge on any atom is 0.148 e. The molecule has 4 heteroatoms. The van der Waals surface area contributed by atoms with E-state index >= 15 is 0 Å². The minimum Gasteiger partial charge on any atom is -0.372 e. The van der Waals surface area contributed by atoms with Gasteiger partial charge >= 0.3 is 0 Å². The molecule has 0 amide bonds. The predicted molar refractivity (Wildman–Crippen MR) is 84.7 cm³/mol. The molecule has 2 heterocycles. The van der Waals surface area contributed by atoms with E-state index in [-0.39, 0.29) is 0 Å². The van der Waals surface area contributed by atoms with E-state index in [4.69, 9.17) is 5.26 Å². The monoisotopic (exact) mass is 278 g/mol. The number of nitrogens with zero attached hydrogens (tertiary/aromatic N) is 3. The first-order chi connectivity index (χ1) is 10.4. The first kappa shape index (κ1) is 13.4. The number of nitrogens with one attached hydrogen (secondary N) is 1. The van der Waals surface area contributed by atoms with Gasteiger partial charge in [-0.3, -0.25) is 0 Å². The Balaban J connectivity index is 1.74. The molecule has 0 atom stereocenters. The summed E-state index contributed by atoms with van der Waals surface area (Å²) in [7, 11) is 0.